The number of carboxylic acids is 1. The van der Waals surface area contributed by atoms with Crippen LogP contribution < -0.4 is 11.1 Å². The maximum absolute atomic E-state index is 13.9. The van der Waals surface area contributed by atoms with Crippen molar-refractivity contribution >= 4 is 90.5 Å². The molecule has 3 atom stereocenters. The van der Waals surface area contributed by atoms with Crippen molar-refractivity contribution in [3.8, 4) is 0 Å². The summed E-state index contributed by atoms with van der Waals surface area (Å²) < 4.78 is 0.514. The van der Waals surface area contributed by atoms with E-state index < -0.39 is 44.5 Å². The summed E-state index contributed by atoms with van der Waals surface area (Å²) in [5, 5.41) is 17.1. The first-order chi connectivity index (χ1) is 16.1. The molecule has 2 aliphatic heterocycles. The topological polar surface area (TPSA) is 147 Å². The number of hydrogen-bond donors (Lipinski definition) is 3. The maximum atomic E-state index is 13.9. The van der Waals surface area contributed by atoms with E-state index in [2.05, 4.69) is 57.7 Å². The number of β-lactam (4-membered cyclic amide) rings is 1. The summed E-state index contributed by atoms with van der Waals surface area (Å²) in [5.74, 6) is -2.13. The SMILES string of the molecule is CON=C(C(=O)NC1([Si](C)(C)C)C(=O)N2C(C(=O)O)=C(CI)C([Si](C)(C)C)S[C@H]21)c1csc(N)n1. The van der Waals surface area contributed by atoms with Crippen molar-refractivity contribution in [2.75, 3.05) is 17.3 Å². The van der Waals surface area contributed by atoms with E-state index in [4.69, 9.17) is 10.6 Å². The van der Waals surface area contributed by atoms with Gasteiger partial charge in [0, 0.05) is 14.7 Å². The molecule has 1 saturated heterocycles. The molecule has 0 radical (unpaired) electrons. The highest BCUT2D eigenvalue weighted by molar-refractivity contribution is 14.1. The number of hydrogen-bond acceptors (Lipinski definition) is 9. The minimum Gasteiger partial charge on any atom is -0.477 e. The van der Waals surface area contributed by atoms with Crippen LogP contribution in [0.15, 0.2) is 21.8 Å². The fraction of sp³-hybridized carbons (Fsp3) is 0.550. The Hall–Kier alpha value is -1.44. The summed E-state index contributed by atoms with van der Waals surface area (Å²) >= 11 is 4.93. The first-order valence-electron chi connectivity index (χ1n) is 10.8. The number of oxime groups is 1. The van der Waals surface area contributed by atoms with Gasteiger partial charge in [0.15, 0.2) is 10.8 Å². The Balaban J connectivity index is 2.13. The van der Waals surface area contributed by atoms with Crippen LogP contribution in [0.3, 0.4) is 0 Å². The van der Waals surface area contributed by atoms with Crippen LogP contribution in [-0.2, 0) is 19.2 Å². The standard InChI is InChI=1S/C20H30IN5O5S2Si2/c1-31-25-12(11-9-32-19(22)23-11)14(27)24-20(35(5,6)7)17(30)26-13(15(28)29)10(8-21)16(33-18(20)26)34(2,3)4/h9,16,18H,8H2,1-7H3,(H2,22,23)(H,24,27)(H,28,29)/t16?,18-,20?/m0/s1. The summed E-state index contributed by atoms with van der Waals surface area (Å²) in [7, 11) is -3.07. The largest absolute Gasteiger partial charge is 0.477 e. The highest BCUT2D eigenvalue weighted by Gasteiger charge is 2.71. The lowest BCUT2D eigenvalue weighted by Gasteiger charge is -2.63. The number of thiazole rings is 1. The zero-order valence-electron chi connectivity index (χ0n) is 20.6. The summed E-state index contributed by atoms with van der Waals surface area (Å²) in [4.78, 5) is 50.3. The van der Waals surface area contributed by atoms with Crippen molar-refractivity contribution in [2.24, 2.45) is 5.16 Å². The summed E-state index contributed by atoms with van der Waals surface area (Å²) in [6.07, 6.45) is 0. The molecule has 3 heterocycles. The molecule has 1 aromatic rings. The normalized spacial score (nSPS) is 25.2. The molecule has 192 valence electrons. The first-order valence-corrected chi connectivity index (χ1v) is 21.2. The predicted octanol–water partition coefficient (Wildman–Crippen LogP) is 2.74. The fourth-order valence-electron chi connectivity index (χ4n) is 4.43. The second-order valence-electron chi connectivity index (χ2n) is 10.4. The number of halogens is 1. The molecule has 15 heteroatoms. The van der Waals surface area contributed by atoms with E-state index in [1.807, 2.05) is 19.6 Å². The number of fused-ring (bicyclic) bond motifs is 1. The number of nitrogen functional groups attached to an aromatic ring is 1. The van der Waals surface area contributed by atoms with Gasteiger partial charge in [0.2, 0.25) is 0 Å². The molecule has 0 aliphatic carbocycles. The monoisotopic (exact) mass is 667 g/mol. The van der Waals surface area contributed by atoms with Gasteiger partial charge in [-0.05, 0) is 5.57 Å². The van der Waals surface area contributed by atoms with Crippen LogP contribution in [0.1, 0.15) is 5.69 Å². The van der Waals surface area contributed by atoms with Crippen LogP contribution in [0.5, 0.6) is 0 Å². The summed E-state index contributed by atoms with van der Waals surface area (Å²) in [6.45, 7) is 12.6. The van der Waals surface area contributed by atoms with Crippen LogP contribution in [0, 0.1) is 0 Å². The number of thioether (sulfide) groups is 1. The number of nitrogens with one attached hydrogen (secondary N) is 1. The molecule has 0 bridgehead atoms. The van der Waals surface area contributed by atoms with E-state index in [1.165, 1.54) is 12.0 Å². The predicted molar refractivity (Wildman–Crippen MR) is 153 cm³/mol. The molecule has 1 fully saturated rings. The zero-order valence-corrected chi connectivity index (χ0v) is 26.4. The van der Waals surface area contributed by atoms with E-state index >= 15 is 0 Å². The Morgan fingerprint density at radius 1 is 1.34 bits per heavy atom. The molecule has 35 heavy (non-hydrogen) atoms. The number of anilines is 1. The van der Waals surface area contributed by atoms with E-state index in [9.17, 15) is 19.5 Å². The lowest BCUT2D eigenvalue weighted by atomic mass is 10.0. The van der Waals surface area contributed by atoms with E-state index in [0.29, 0.717) is 4.43 Å². The number of aromatic nitrogens is 1. The number of rotatable bonds is 8. The van der Waals surface area contributed by atoms with Gasteiger partial charge >= 0.3 is 5.97 Å². The highest BCUT2D eigenvalue weighted by Crippen LogP contribution is 2.54. The van der Waals surface area contributed by atoms with Gasteiger partial charge in [-0.3, -0.25) is 14.5 Å². The summed E-state index contributed by atoms with van der Waals surface area (Å²) in [5.41, 5.74) is 6.74. The number of aliphatic carboxylic acids is 1. The van der Waals surface area contributed by atoms with Crippen molar-refractivity contribution in [3.05, 3.63) is 22.3 Å². The van der Waals surface area contributed by atoms with Gasteiger partial charge in [-0.25, -0.2) is 9.78 Å². The molecule has 10 nitrogen and oxygen atoms in total. The third-order valence-corrected chi connectivity index (χ3v) is 16.6. The van der Waals surface area contributed by atoms with Crippen LogP contribution in [0.4, 0.5) is 5.13 Å². The average molecular weight is 668 g/mol. The smallest absolute Gasteiger partial charge is 0.352 e. The third kappa shape index (κ3) is 4.69. The van der Waals surface area contributed by atoms with Crippen LogP contribution >= 0.6 is 45.7 Å². The molecule has 2 aliphatic rings. The zero-order chi connectivity index (χ0) is 26.5. The Labute approximate surface area is 228 Å². The number of nitrogens with zero attached hydrogens (tertiary/aromatic N) is 3. The number of nitrogens with two attached hydrogens (primary N) is 1. The molecule has 0 spiro atoms. The van der Waals surface area contributed by atoms with Crippen molar-refractivity contribution < 1.29 is 24.3 Å². The lowest BCUT2D eigenvalue weighted by Crippen LogP contribution is -2.88. The lowest BCUT2D eigenvalue weighted by molar-refractivity contribution is -0.153. The minimum absolute atomic E-state index is 0.0158. The van der Waals surface area contributed by atoms with Gasteiger partial charge in [-0.15, -0.1) is 23.1 Å². The first kappa shape index (κ1) is 28.1. The Morgan fingerprint density at radius 3 is 2.40 bits per heavy atom. The Bertz CT molecular complexity index is 1130. The van der Waals surface area contributed by atoms with Crippen molar-refractivity contribution in [1.82, 2.24) is 15.2 Å². The van der Waals surface area contributed by atoms with Crippen LogP contribution in [0.25, 0.3) is 0 Å². The molecule has 2 unspecified atom stereocenters. The average Bonchev–Trinajstić information content (AvgIpc) is 3.17. The molecule has 3 rings (SSSR count). The van der Waals surface area contributed by atoms with Crippen molar-refractivity contribution in [1.29, 1.82) is 0 Å². The second-order valence-corrected chi connectivity index (χ2v) is 24.3. The third-order valence-electron chi connectivity index (χ3n) is 6.08. The van der Waals surface area contributed by atoms with E-state index in [0.717, 1.165) is 16.9 Å². The van der Waals surface area contributed by atoms with E-state index in [-0.39, 0.29) is 27.1 Å². The fourth-order valence-corrected chi connectivity index (χ4v) is 14.5. The quantitative estimate of drug-likeness (QED) is 0.0959. The number of carbonyl (C=O) groups is 3. The minimum atomic E-state index is -2.49. The second kappa shape index (κ2) is 9.79. The molecule has 0 saturated carbocycles. The molecular weight excluding hydrogens is 637 g/mol. The van der Waals surface area contributed by atoms with Gasteiger partial charge in [0.1, 0.15) is 29.0 Å². The number of carbonyl (C=O) groups excluding carboxylic acids is 2. The van der Waals surface area contributed by atoms with Gasteiger partial charge in [-0.2, -0.15) is 0 Å². The van der Waals surface area contributed by atoms with E-state index in [1.54, 1.807) is 17.1 Å². The molecule has 4 N–H and O–H groups in total. The van der Waals surface area contributed by atoms with Gasteiger partial charge in [0.05, 0.1) is 16.1 Å². The molecule has 2 amide bonds. The number of carboxylic acid groups (broad SMARTS) is 1. The van der Waals surface area contributed by atoms with Crippen molar-refractivity contribution in [2.45, 2.75) is 54.7 Å². The molecular formula is C20H30IN5O5S2Si2. The Morgan fingerprint density at radius 2 is 1.97 bits per heavy atom. The maximum Gasteiger partial charge on any atom is 0.352 e. The Kier molecular flexibility index (Phi) is 7.87. The molecule has 0 aromatic carbocycles. The highest BCUT2D eigenvalue weighted by atomic mass is 127. The van der Waals surface area contributed by atoms with Gasteiger partial charge < -0.3 is 21.0 Å². The number of amides is 2. The van der Waals surface area contributed by atoms with Gasteiger partial charge in [0.25, 0.3) is 11.8 Å². The van der Waals surface area contributed by atoms with Gasteiger partial charge in [-0.1, -0.05) is 67.0 Å². The summed E-state index contributed by atoms with van der Waals surface area (Å²) in [6, 6.07) is 0. The van der Waals surface area contributed by atoms with Crippen molar-refractivity contribution in [3.63, 3.8) is 0 Å². The van der Waals surface area contributed by atoms with Crippen LogP contribution in [0.2, 0.25) is 39.3 Å². The molecule has 1 aromatic heterocycles. The number of alkyl halides is 1. The van der Waals surface area contributed by atoms with Crippen LogP contribution in [-0.4, -0.2) is 81.6 Å².